The predicted molar refractivity (Wildman–Crippen MR) is 50.8 cm³/mol. The number of hydrogen-bond donors (Lipinski definition) is 0. The molecule has 0 aromatic carbocycles. The van der Waals surface area contributed by atoms with Crippen molar-refractivity contribution in [1.29, 1.82) is 0 Å². The molecule has 0 aliphatic heterocycles. The lowest BCUT2D eigenvalue weighted by atomic mass is 10.4. The second-order valence-electron chi connectivity index (χ2n) is 2.44. The molecule has 0 atom stereocenters. The Bertz CT molecular complexity index is 451. The third-order valence-corrected chi connectivity index (χ3v) is 2.28. The van der Waals surface area contributed by atoms with Gasteiger partial charge in [0, 0.05) is 12.4 Å². The molecule has 2 heterocycles. The van der Waals surface area contributed by atoms with Gasteiger partial charge in [0.15, 0.2) is 5.65 Å². The molecule has 0 N–H and O–H groups in total. The monoisotopic (exact) mass is 193 g/mol. The van der Waals surface area contributed by atoms with E-state index in [-0.39, 0.29) is 5.12 Å². The number of hydrogen-bond acceptors (Lipinski definition) is 4. The topological polar surface area (TPSA) is 47.3 Å². The summed E-state index contributed by atoms with van der Waals surface area (Å²) >= 11 is 1.17. The van der Waals surface area contributed by atoms with E-state index in [0.717, 1.165) is 0 Å². The van der Waals surface area contributed by atoms with Gasteiger partial charge in [0.05, 0.1) is 11.8 Å². The third kappa shape index (κ3) is 1.31. The molecule has 0 aliphatic carbocycles. The van der Waals surface area contributed by atoms with Gasteiger partial charge in [-0.15, -0.1) is 0 Å². The van der Waals surface area contributed by atoms with Crippen LogP contribution in [0.2, 0.25) is 0 Å². The van der Waals surface area contributed by atoms with E-state index < -0.39 is 0 Å². The number of carbonyl (C=O) groups is 1. The Morgan fingerprint density at radius 1 is 1.62 bits per heavy atom. The Balaban J connectivity index is 2.64. The first-order valence-corrected chi connectivity index (χ1v) is 4.92. The van der Waals surface area contributed by atoms with Crippen LogP contribution < -0.4 is 0 Å². The van der Waals surface area contributed by atoms with Crippen molar-refractivity contribution in [2.75, 3.05) is 6.26 Å². The third-order valence-electron chi connectivity index (χ3n) is 1.68. The van der Waals surface area contributed by atoms with E-state index in [9.17, 15) is 4.79 Å². The van der Waals surface area contributed by atoms with Crippen LogP contribution in [-0.2, 0) is 0 Å². The number of fused-ring (bicyclic) bond motifs is 1. The Morgan fingerprint density at radius 2 is 2.46 bits per heavy atom. The summed E-state index contributed by atoms with van der Waals surface area (Å²) in [5, 5.41) is 4.00. The van der Waals surface area contributed by atoms with Crippen molar-refractivity contribution < 1.29 is 4.79 Å². The van der Waals surface area contributed by atoms with E-state index in [4.69, 9.17) is 0 Å². The predicted octanol–water partition coefficient (Wildman–Crippen LogP) is 1.23. The first kappa shape index (κ1) is 8.25. The van der Waals surface area contributed by atoms with Crippen LogP contribution in [0.4, 0.5) is 0 Å². The minimum Gasteiger partial charge on any atom is -0.281 e. The number of rotatable bonds is 1. The van der Waals surface area contributed by atoms with Gasteiger partial charge in [0.1, 0.15) is 0 Å². The van der Waals surface area contributed by atoms with Crippen molar-refractivity contribution in [1.82, 2.24) is 14.6 Å². The van der Waals surface area contributed by atoms with Gasteiger partial charge in [-0.05, 0) is 12.3 Å². The Morgan fingerprint density at radius 3 is 3.23 bits per heavy atom. The van der Waals surface area contributed by atoms with Crippen molar-refractivity contribution in [3.05, 3.63) is 30.2 Å². The quantitative estimate of drug-likeness (QED) is 0.683. The molecule has 0 spiro atoms. The maximum Gasteiger partial charge on any atom is 0.224 e. The average molecular weight is 193 g/mol. The zero-order valence-corrected chi connectivity index (χ0v) is 7.78. The maximum atomic E-state index is 11.4. The van der Waals surface area contributed by atoms with Crippen LogP contribution in [0.1, 0.15) is 10.4 Å². The lowest BCUT2D eigenvalue weighted by Gasteiger charge is -1.92. The van der Waals surface area contributed by atoms with E-state index >= 15 is 0 Å². The Labute approximate surface area is 79.0 Å². The highest BCUT2D eigenvalue weighted by Gasteiger charge is 2.11. The minimum atomic E-state index is -0.00583. The molecule has 2 aromatic rings. The normalized spacial score (nSPS) is 10.5. The summed E-state index contributed by atoms with van der Waals surface area (Å²) in [6.07, 6.45) is 6.70. The summed E-state index contributed by atoms with van der Waals surface area (Å²) in [7, 11) is 0. The standard InChI is InChI=1S/C8H7N3OS/c1-13-8(12)6-5-10-11-4-2-3-9-7(6)11/h2-5H,1H3. The molecular formula is C8H7N3OS. The molecule has 0 radical (unpaired) electrons. The molecule has 5 heteroatoms. The average Bonchev–Trinajstić information content (AvgIpc) is 2.60. The number of aromatic nitrogens is 3. The molecule has 4 nitrogen and oxygen atoms in total. The summed E-state index contributed by atoms with van der Waals surface area (Å²) in [6, 6.07) is 1.77. The summed E-state index contributed by atoms with van der Waals surface area (Å²) in [6.45, 7) is 0. The molecule has 13 heavy (non-hydrogen) atoms. The van der Waals surface area contributed by atoms with Crippen LogP contribution in [0.25, 0.3) is 5.65 Å². The fourth-order valence-electron chi connectivity index (χ4n) is 1.08. The van der Waals surface area contributed by atoms with E-state index in [1.165, 1.54) is 11.8 Å². The molecule has 0 aliphatic rings. The molecule has 0 saturated carbocycles. The van der Waals surface area contributed by atoms with Crippen LogP contribution in [0.5, 0.6) is 0 Å². The van der Waals surface area contributed by atoms with Gasteiger partial charge >= 0.3 is 0 Å². The van der Waals surface area contributed by atoms with Crippen molar-refractivity contribution in [3.8, 4) is 0 Å². The van der Waals surface area contributed by atoms with Gasteiger partial charge in [-0.2, -0.15) is 5.10 Å². The lowest BCUT2D eigenvalue weighted by molar-refractivity contribution is 0.109. The molecule has 0 unspecified atom stereocenters. The second kappa shape index (κ2) is 3.18. The van der Waals surface area contributed by atoms with Gasteiger partial charge in [0.25, 0.3) is 0 Å². The number of carbonyl (C=O) groups excluding carboxylic acids is 1. The van der Waals surface area contributed by atoms with Crippen molar-refractivity contribution >= 4 is 22.5 Å². The fraction of sp³-hybridized carbons (Fsp3) is 0.125. The molecule has 66 valence electrons. The molecular weight excluding hydrogens is 186 g/mol. The van der Waals surface area contributed by atoms with Gasteiger partial charge in [0.2, 0.25) is 5.12 Å². The Hall–Kier alpha value is -1.36. The molecule has 0 amide bonds. The van der Waals surface area contributed by atoms with Crippen LogP contribution >= 0.6 is 11.8 Å². The SMILES string of the molecule is CSC(=O)c1cnn2cccnc12. The lowest BCUT2D eigenvalue weighted by Crippen LogP contribution is -1.93. The van der Waals surface area contributed by atoms with E-state index in [2.05, 4.69) is 10.1 Å². The van der Waals surface area contributed by atoms with Crippen LogP contribution in [0, 0.1) is 0 Å². The highest BCUT2D eigenvalue weighted by atomic mass is 32.2. The number of nitrogens with zero attached hydrogens (tertiary/aromatic N) is 3. The summed E-state index contributed by atoms with van der Waals surface area (Å²) in [5.74, 6) is 0. The minimum absolute atomic E-state index is 0.00583. The van der Waals surface area contributed by atoms with Gasteiger partial charge in [-0.1, -0.05) is 11.8 Å². The highest BCUT2D eigenvalue weighted by molar-refractivity contribution is 8.13. The van der Waals surface area contributed by atoms with Gasteiger partial charge in [-0.25, -0.2) is 9.50 Å². The van der Waals surface area contributed by atoms with Gasteiger partial charge in [-0.3, -0.25) is 4.79 Å². The largest absolute Gasteiger partial charge is 0.281 e. The molecule has 2 rings (SSSR count). The van der Waals surface area contributed by atoms with Gasteiger partial charge < -0.3 is 0 Å². The number of thioether (sulfide) groups is 1. The fourth-order valence-corrected chi connectivity index (χ4v) is 1.45. The van der Waals surface area contributed by atoms with Crippen molar-refractivity contribution in [2.24, 2.45) is 0 Å². The van der Waals surface area contributed by atoms with Crippen molar-refractivity contribution in [3.63, 3.8) is 0 Å². The van der Waals surface area contributed by atoms with E-state index in [1.807, 2.05) is 0 Å². The molecule has 0 saturated heterocycles. The summed E-state index contributed by atoms with van der Waals surface area (Å²) in [4.78, 5) is 15.4. The summed E-state index contributed by atoms with van der Waals surface area (Å²) in [5.41, 5.74) is 1.18. The molecule has 2 aromatic heterocycles. The smallest absolute Gasteiger partial charge is 0.224 e. The molecule has 0 bridgehead atoms. The van der Waals surface area contributed by atoms with E-state index in [1.54, 1.807) is 35.4 Å². The summed E-state index contributed by atoms with van der Waals surface area (Å²) < 4.78 is 1.59. The van der Waals surface area contributed by atoms with Crippen molar-refractivity contribution in [2.45, 2.75) is 0 Å². The highest BCUT2D eigenvalue weighted by Crippen LogP contribution is 2.13. The zero-order valence-electron chi connectivity index (χ0n) is 6.97. The second-order valence-corrected chi connectivity index (χ2v) is 3.22. The van der Waals surface area contributed by atoms with Crippen LogP contribution in [0.15, 0.2) is 24.7 Å². The Kier molecular flexibility index (Phi) is 2.02. The van der Waals surface area contributed by atoms with E-state index in [0.29, 0.717) is 11.2 Å². The van der Waals surface area contributed by atoms with Crippen LogP contribution in [0.3, 0.4) is 0 Å². The first-order valence-electron chi connectivity index (χ1n) is 3.69. The first-order chi connectivity index (χ1) is 6.33. The molecule has 0 fully saturated rings. The maximum absolute atomic E-state index is 11.4. The van der Waals surface area contributed by atoms with Crippen LogP contribution in [-0.4, -0.2) is 26.0 Å². The zero-order chi connectivity index (χ0) is 9.26.